The number of hydrogen-bond acceptors (Lipinski definition) is 3. The van der Waals surface area contributed by atoms with Crippen LogP contribution in [-0.4, -0.2) is 38.7 Å². The fourth-order valence-corrected chi connectivity index (χ4v) is 3.79. The maximum atomic E-state index is 13.1. The Morgan fingerprint density at radius 3 is 2.56 bits per heavy atom. The van der Waals surface area contributed by atoms with E-state index in [1.165, 1.54) is 19.3 Å². The summed E-state index contributed by atoms with van der Waals surface area (Å²) in [5.41, 5.74) is 3.21. The van der Waals surface area contributed by atoms with E-state index in [-0.39, 0.29) is 5.91 Å². The molecule has 1 aromatic carbocycles. The molecule has 1 aliphatic carbocycles. The molecule has 0 atom stereocenters. The molecule has 27 heavy (non-hydrogen) atoms. The van der Waals surface area contributed by atoms with Crippen LogP contribution in [-0.2, 0) is 0 Å². The molecule has 0 N–H and O–H groups in total. The van der Waals surface area contributed by atoms with Crippen molar-refractivity contribution in [3.05, 3.63) is 66.6 Å². The number of aromatic nitrogens is 3. The Bertz CT molecular complexity index is 842. The summed E-state index contributed by atoms with van der Waals surface area (Å²) in [5, 5.41) is 4.67. The van der Waals surface area contributed by atoms with Gasteiger partial charge in [-0.05, 0) is 43.2 Å². The van der Waals surface area contributed by atoms with E-state index in [0.29, 0.717) is 11.7 Å². The number of amides is 1. The van der Waals surface area contributed by atoms with Gasteiger partial charge in [-0.25, -0.2) is 4.68 Å². The van der Waals surface area contributed by atoms with E-state index in [0.717, 1.165) is 29.8 Å². The smallest absolute Gasteiger partial charge is 0.274 e. The summed E-state index contributed by atoms with van der Waals surface area (Å²) in [7, 11) is 1.91. The molecule has 1 amide bonds. The van der Waals surface area contributed by atoms with Crippen LogP contribution in [0.2, 0.25) is 0 Å². The van der Waals surface area contributed by atoms with Crippen molar-refractivity contribution >= 4 is 5.91 Å². The summed E-state index contributed by atoms with van der Waals surface area (Å²) in [6.45, 7) is 0. The highest BCUT2D eigenvalue weighted by molar-refractivity contribution is 5.93. The van der Waals surface area contributed by atoms with Gasteiger partial charge in [-0.15, -0.1) is 0 Å². The fourth-order valence-electron chi connectivity index (χ4n) is 3.79. The van der Waals surface area contributed by atoms with Crippen LogP contribution in [0.15, 0.2) is 60.9 Å². The third kappa shape index (κ3) is 3.63. The van der Waals surface area contributed by atoms with E-state index >= 15 is 0 Å². The van der Waals surface area contributed by atoms with Crippen molar-refractivity contribution in [1.29, 1.82) is 0 Å². The molecule has 0 spiro atoms. The number of nitrogens with zero attached hydrogens (tertiary/aromatic N) is 4. The van der Waals surface area contributed by atoms with Crippen LogP contribution in [0.4, 0.5) is 0 Å². The minimum Gasteiger partial charge on any atom is -0.337 e. The number of hydrogen-bond donors (Lipinski definition) is 0. The van der Waals surface area contributed by atoms with Crippen LogP contribution < -0.4 is 0 Å². The van der Waals surface area contributed by atoms with Crippen LogP contribution in [0, 0.1) is 0 Å². The molecule has 5 nitrogen and oxygen atoms in total. The Morgan fingerprint density at radius 2 is 1.85 bits per heavy atom. The molecule has 1 saturated carbocycles. The Kier molecular flexibility index (Phi) is 5.01. The summed E-state index contributed by atoms with van der Waals surface area (Å²) in [6.07, 6.45) is 9.37. The molecule has 0 radical (unpaired) electrons. The van der Waals surface area contributed by atoms with Crippen molar-refractivity contribution in [3.63, 3.8) is 0 Å². The molecule has 138 valence electrons. The highest BCUT2D eigenvalue weighted by Gasteiger charge is 2.26. The topological polar surface area (TPSA) is 51.0 Å². The lowest BCUT2D eigenvalue weighted by molar-refractivity contribution is 0.0690. The van der Waals surface area contributed by atoms with E-state index in [1.807, 2.05) is 65.2 Å². The maximum absolute atomic E-state index is 13.1. The molecule has 5 heteroatoms. The largest absolute Gasteiger partial charge is 0.337 e. The van der Waals surface area contributed by atoms with E-state index in [1.54, 1.807) is 12.4 Å². The molecule has 0 aliphatic heterocycles. The molecule has 0 saturated heterocycles. The van der Waals surface area contributed by atoms with Crippen molar-refractivity contribution in [2.45, 2.75) is 38.1 Å². The number of carbonyl (C=O) groups excluding carboxylic acids is 1. The lowest BCUT2D eigenvalue weighted by Gasteiger charge is -2.30. The van der Waals surface area contributed by atoms with Gasteiger partial charge in [0.15, 0.2) is 5.69 Å². The Balaban J connectivity index is 1.72. The van der Waals surface area contributed by atoms with Gasteiger partial charge in [0, 0.05) is 31.0 Å². The fraction of sp³-hybridized carbons (Fsp3) is 0.318. The molecule has 2 aromatic heterocycles. The first-order valence-corrected chi connectivity index (χ1v) is 9.57. The zero-order valence-corrected chi connectivity index (χ0v) is 15.6. The molecule has 2 heterocycles. The van der Waals surface area contributed by atoms with Crippen LogP contribution in [0.1, 0.15) is 42.6 Å². The first-order valence-electron chi connectivity index (χ1n) is 9.57. The van der Waals surface area contributed by atoms with Crippen molar-refractivity contribution in [2.24, 2.45) is 0 Å². The Morgan fingerprint density at radius 1 is 1.07 bits per heavy atom. The lowest BCUT2D eigenvalue weighted by Crippen LogP contribution is -2.38. The maximum Gasteiger partial charge on any atom is 0.274 e. The minimum absolute atomic E-state index is 0.0123. The average molecular weight is 360 g/mol. The van der Waals surface area contributed by atoms with Gasteiger partial charge in [0.2, 0.25) is 0 Å². The molecule has 1 fully saturated rings. The second kappa shape index (κ2) is 7.74. The number of benzene rings is 1. The van der Waals surface area contributed by atoms with Gasteiger partial charge in [-0.3, -0.25) is 9.78 Å². The highest BCUT2D eigenvalue weighted by Crippen LogP contribution is 2.26. The number of para-hydroxylation sites is 1. The number of carbonyl (C=O) groups is 1. The van der Waals surface area contributed by atoms with Crippen LogP contribution in [0.3, 0.4) is 0 Å². The Hall–Kier alpha value is -2.95. The van der Waals surface area contributed by atoms with E-state index < -0.39 is 0 Å². The first-order chi connectivity index (χ1) is 13.2. The van der Waals surface area contributed by atoms with E-state index in [4.69, 9.17) is 0 Å². The Labute approximate surface area is 159 Å². The quantitative estimate of drug-likeness (QED) is 0.695. The van der Waals surface area contributed by atoms with E-state index in [9.17, 15) is 4.79 Å². The second-order valence-corrected chi connectivity index (χ2v) is 7.11. The number of rotatable bonds is 4. The summed E-state index contributed by atoms with van der Waals surface area (Å²) in [6, 6.07) is 16.0. The van der Waals surface area contributed by atoms with Gasteiger partial charge in [0.25, 0.3) is 5.91 Å². The highest BCUT2D eigenvalue weighted by atomic mass is 16.2. The van der Waals surface area contributed by atoms with Gasteiger partial charge >= 0.3 is 0 Å². The second-order valence-electron chi connectivity index (χ2n) is 7.11. The predicted octanol–water partition coefficient (Wildman–Crippen LogP) is 4.34. The van der Waals surface area contributed by atoms with Crippen LogP contribution >= 0.6 is 0 Å². The number of pyridine rings is 1. The van der Waals surface area contributed by atoms with Gasteiger partial charge in [-0.2, -0.15) is 5.10 Å². The minimum atomic E-state index is -0.0123. The van der Waals surface area contributed by atoms with Crippen molar-refractivity contribution in [1.82, 2.24) is 19.7 Å². The summed E-state index contributed by atoms with van der Waals surface area (Å²) in [4.78, 5) is 19.2. The standard InChI is InChI=1S/C22H24N4O/c1-25(18-10-4-2-5-11-18)22(27)20-15-21(17-9-8-14-23-16-17)26(24-20)19-12-6-3-7-13-19/h3,6-9,12-16,18H,2,4-5,10-11H2,1H3. The third-order valence-electron chi connectivity index (χ3n) is 5.33. The van der Waals surface area contributed by atoms with Gasteiger partial charge in [0.05, 0.1) is 11.4 Å². The summed E-state index contributed by atoms with van der Waals surface area (Å²) in [5.74, 6) is -0.0123. The molecular formula is C22H24N4O. The third-order valence-corrected chi connectivity index (χ3v) is 5.33. The summed E-state index contributed by atoms with van der Waals surface area (Å²) >= 11 is 0. The van der Waals surface area contributed by atoms with Crippen molar-refractivity contribution < 1.29 is 4.79 Å². The molecule has 0 bridgehead atoms. The van der Waals surface area contributed by atoms with Crippen molar-refractivity contribution in [2.75, 3.05) is 7.05 Å². The average Bonchev–Trinajstić information content (AvgIpc) is 3.20. The first kappa shape index (κ1) is 17.5. The monoisotopic (exact) mass is 360 g/mol. The molecule has 3 aromatic rings. The molecule has 0 unspecified atom stereocenters. The normalized spacial score (nSPS) is 14.9. The zero-order valence-electron chi connectivity index (χ0n) is 15.6. The SMILES string of the molecule is CN(C(=O)c1cc(-c2cccnc2)n(-c2ccccc2)n1)C1CCCCC1. The van der Waals surface area contributed by atoms with Gasteiger partial charge < -0.3 is 4.90 Å². The lowest BCUT2D eigenvalue weighted by atomic mass is 9.94. The molecular weight excluding hydrogens is 336 g/mol. The van der Waals surface area contributed by atoms with Crippen molar-refractivity contribution in [3.8, 4) is 16.9 Å². The zero-order chi connectivity index (χ0) is 18.6. The molecule has 4 rings (SSSR count). The van der Waals surface area contributed by atoms with Gasteiger partial charge in [0.1, 0.15) is 0 Å². The van der Waals surface area contributed by atoms with Crippen LogP contribution in [0.5, 0.6) is 0 Å². The summed E-state index contributed by atoms with van der Waals surface area (Å²) < 4.78 is 1.83. The predicted molar refractivity (Wildman–Crippen MR) is 106 cm³/mol. The van der Waals surface area contributed by atoms with Crippen LogP contribution in [0.25, 0.3) is 16.9 Å². The van der Waals surface area contributed by atoms with E-state index in [2.05, 4.69) is 10.1 Å². The molecule has 1 aliphatic rings. The van der Waals surface area contributed by atoms with Gasteiger partial charge in [-0.1, -0.05) is 37.5 Å².